The fourth-order valence-corrected chi connectivity index (χ4v) is 2.19. The molecule has 0 saturated carbocycles. The first-order valence-corrected chi connectivity index (χ1v) is 7.65. The van der Waals surface area contributed by atoms with E-state index in [0.29, 0.717) is 23.5 Å². The number of carbonyl (C=O) groups is 2. The summed E-state index contributed by atoms with van der Waals surface area (Å²) in [4.78, 5) is 24.2. The second kappa shape index (κ2) is 8.53. The van der Waals surface area contributed by atoms with Gasteiger partial charge in [0.1, 0.15) is 5.75 Å². The van der Waals surface area contributed by atoms with Crippen LogP contribution in [-0.4, -0.2) is 25.5 Å². The lowest BCUT2D eigenvalue weighted by atomic mass is 10.1. The first-order valence-electron chi connectivity index (χ1n) is 7.65. The first-order chi connectivity index (χ1) is 11.7. The van der Waals surface area contributed by atoms with Crippen LogP contribution in [0.1, 0.15) is 22.8 Å². The van der Waals surface area contributed by atoms with E-state index in [9.17, 15) is 9.59 Å². The van der Waals surface area contributed by atoms with Crippen molar-refractivity contribution < 1.29 is 14.3 Å². The Morgan fingerprint density at radius 1 is 1.08 bits per heavy atom. The highest BCUT2D eigenvalue weighted by molar-refractivity contribution is 6.07. The van der Waals surface area contributed by atoms with Crippen LogP contribution in [-0.2, 0) is 4.79 Å². The Hall–Kier alpha value is -3.08. The standard InChI is InChI=1S/C19H20N2O3/c1-3-20-19(23)15-9-5-6-10-16(15)21-18(22)13-12-14-8-4-7-11-17(14)24-2/h4-13H,3H2,1-2H3,(H,20,23)(H,21,22). The van der Waals surface area contributed by atoms with Crippen molar-refractivity contribution in [1.82, 2.24) is 5.32 Å². The number of nitrogens with one attached hydrogen (secondary N) is 2. The quantitative estimate of drug-likeness (QED) is 0.802. The summed E-state index contributed by atoms with van der Waals surface area (Å²) in [6.45, 7) is 2.36. The summed E-state index contributed by atoms with van der Waals surface area (Å²) in [5.74, 6) is 0.143. The van der Waals surface area contributed by atoms with E-state index in [1.54, 1.807) is 37.5 Å². The largest absolute Gasteiger partial charge is 0.496 e. The molecule has 5 nitrogen and oxygen atoms in total. The summed E-state index contributed by atoms with van der Waals surface area (Å²) in [7, 11) is 1.58. The molecule has 0 saturated heterocycles. The maximum Gasteiger partial charge on any atom is 0.253 e. The zero-order valence-electron chi connectivity index (χ0n) is 13.7. The van der Waals surface area contributed by atoms with E-state index in [4.69, 9.17) is 4.74 Å². The lowest BCUT2D eigenvalue weighted by Crippen LogP contribution is -2.24. The Kier molecular flexibility index (Phi) is 6.14. The molecule has 0 heterocycles. The molecule has 0 aliphatic carbocycles. The van der Waals surface area contributed by atoms with Crippen molar-refractivity contribution in [3.63, 3.8) is 0 Å². The molecule has 0 aliphatic rings. The predicted molar refractivity (Wildman–Crippen MR) is 95.1 cm³/mol. The molecule has 0 aromatic heterocycles. The minimum absolute atomic E-state index is 0.220. The number of rotatable bonds is 6. The van der Waals surface area contributed by atoms with Crippen LogP contribution >= 0.6 is 0 Å². The molecule has 0 spiro atoms. The zero-order chi connectivity index (χ0) is 17.4. The summed E-state index contributed by atoms with van der Waals surface area (Å²) in [5, 5.41) is 5.45. The van der Waals surface area contributed by atoms with Crippen LogP contribution in [0.25, 0.3) is 6.08 Å². The lowest BCUT2D eigenvalue weighted by molar-refractivity contribution is -0.111. The molecular weight excluding hydrogens is 304 g/mol. The van der Waals surface area contributed by atoms with E-state index in [0.717, 1.165) is 5.56 Å². The van der Waals surface area contributed by atoms with E-state index in [1.165, 1.54) is 6.08 Å². The molecule has 2 aromatic carbocycles. The van der Waals surface area contributed by atoms with Crippen molar-refractivity contribution in [1.29, 1.82) is 0 Å². The maximum absolute atomic E-state index is 12.1. The summed E-state index contributed by atoms with van der Waals surface area (Å²) in [6, 6.07) is 14.3. The van der Waals surface area contributed by atoms with E-state index < -0.39 is 0 Å². The third-order valence-corrected chi connectivity index (χ3v) is 3.32. The van der Waals surface area contributed by atoms with Gasteiger partial charge in [-0.15, -0.1) is 0 Å². The number of ether oxygens (including phenoxy) is 1. The Morgan fingerprint density at radius 2 is 1.79 bits per heavy atom. The van der Waals surface area contributed by atoms with E-state index in [1.807, 2.05) is 31.2 Å². The van der Waals surface area contributed by atoms with Gasteiger partial charge in [-0.05, 0) is 31.2 Å². The van der Waals surface area contributed by atoms with Gasteiger partial charge in [-0.25, -0.2) is 0 Å². The van der Waals surface area contributed by atoms with Gasteiger partial charge in [-0.3, -0.25) is 9.59 Å². The summed E-state index contributed by atoms with van der Waals surface area (Å²) in [6.07, 6.45) is 3.08. The van der Waals surface area contributed by atoms with E-state index in [-0.39, 0.29) is 11.8 Å². The minimum Gasteiger partial charge on any atom is -0.496 e. The number of para-hydroxylation sites is 2. The Morgan fingerprint density at radius 3 is 2.54 bits per heavy atom. The molecule has 2 aromatic rings. The maximum atomic E-state index is 12.1. The topological polar surface area (TPSA) is 67.4 Å². The molecule has 0 atom stereocenters. The molecule has 2 N–H and O–H groups in total. The molecule has 0 radical (unpaired) electrons. The molecule has 0 fully saturated rings. The Bertz CT molecular complexity index is 754. The number of hydrogen-bond donors (Lipinski definition) is 2. The third-order valence-electron chi connectivity index (χ3n) is 3.32. The second-order valence-corrected chi connectivity index (χ2v) is 4.97. The van der Waals surface area contributed by atoms with Crippen LogP contribution in [0.5, 0.6) is 5.75 Å². The van der Waals surface area contributed by atoms with Crippen molar-refractivity contribution in [2.75, 3.05) is 19.0 Å². The monoisotopic (exact) mass is 324 g/mol. The van der Waals surface area contributed by atoms with Gasteiger partial charge in [0.05, 0.1) is 18.4 Å². The molecular formula is C19H20N2O3. The number of methoxy groups -OCH3 is 1. The van der Waals surface area contributed by atoms with Gasteiger partial charge < -0.3 is 15.4 Å². The normalized spacial score (nSPS) is 10.4. The van der Waals surface area contributed by atoms with Crippen LogP contribution in [0.2, 0.25) is 0 Å². The lowest BCUT2D eigenvalue weighted by Gasteiger charge is -2.09. The molecule has 24 heavy (non-hydrogen) atoms. The highest BCUT2D eigenvalue weighted by Gasteiger charge is 2.11. The van der Waals surface area contributed by atoms with Gasteiger partial charge in [0.2, 0.25) is 5.91 Å². The average Bonchev–Trinajstić information content (AvgIpc) is 2.61. The van der Waals surface area contributed by atoms with Crippen LogP contribution in [0.15, 0.2) is 54.6 Å². The average molecular weight is 324 g/mol. The van der Waals surface area contributed by atoms with E-state index >= 15 is 0 Å². The number of amides is 2. The number of hydrogen-bond acceptors (Lipinski definition) is 3. The molecule has 2 rings (SSSR count). The van der Waals surface area contributed by atoms with Gasteiger partial charge in [0, 0.05) is 18.2 Å². The zero-order valence-corrected chi connectivity index (χ0v) is 13.7. The molecule has 2 amide bonds. The second-order valence-electron chi connectivity index (χ2n) is 4.97. The SMILES string of the molecule is CCNC(=O)c1ccccc1NC(=O)C=Cc1ccccc1OC. The fraction of sp³-hybridized carbons (Fsp3) is 0.158. The van der Waals surface area contributed by atoms with Gasteiger partial charge in [0.15, 0.2) is 0 Å². The van der Waals surface area contributed by atoms with Crippen LogP contribution in [0, 0.1) is 0 Å². The van der Waals surface area contributed by atoms with Crippen LogP contribution in [0.4, 0.5) is 5.69 Å². The smallest absolute Gasteiger partial charge is 0.253 e. The van der Waals surface area contributed by atoms with Crippen LogP contribution < -0.4 is 15.4 Å². The number of carbonyl (C=O) groups excluding carboxylic acids is 2. The molecule has 5 heteroatoms. The number of benzene rings is 2. The third kappa shape index (κ3) is 4.46. The van der Waals surface area contributed by atoms with Gasteiger partial charge in [-0.1, -0.05) is 30.3 Å². The highest BCUT2D eigenvalue weighted by Crippen LogP contribution is 2.19. The van der Waals surface area contributed by atoms with Gasteiger partial charge in [-0.2, -0.15) is 0 Å². The van der Waals surface area contributed by atoms with Crippen molar-refractivity contribution in [2.24, 2.45) is 0 Å². The van der Waals surface area contributed by atoms with E-state index in [2.05, 4.69) is 10.6 Å². The Labute approximate surface area is 141 Å². The van der Waals surface area contributed by atoms with Crippen LogP contribution in [0.3, 0.4) is 0 Å². The molecule has 0 bridgehead atoms. The number of anilines is 1. The summed E-state index contributed by atoms with van der Waals surface area (Å²) < 4.78 is 5.24. The summed E-state index contributed by atoms with van der Waals surface area (Å²) in [5.41, 5.74) is 1.70. The fourth-order valence-electron chi connectivity index (χ4n) is 2.19. The highest BCUT2D eigenvalue weighted by atomic mass is 16.5. The van der Waals surface area contributed by atoms with Gasteiger partial charge in [0.25, 0.3) is 5.91 Å². The van der Waals surface area contributed by atoms with Gasteiger partial charge >= 0.3 is 0 Å². The molecule has 124 valence electrons. The van der Waals surface area contributed by atoms with Crippen molar-refractivity contribution in [2.45, 2.75) is 6.92 Å². The summed E-state index contributed by atoms with van der Waals surface area (Å²) >= 11 is 0. The van der Waals surface area contributed by atoms with Crippen molar-refractivity contribution in [3.8, 4) is 5.75 Å². The Balaban J connectivity index is 2.13. The van der Waals surface area contributed by atoms with Crippen molar-refractivity contribution >= 4 is 23.6 Å². The first kappa shape index (κ1) is 17.3. The molecule has 0 unspecified atom stereocenters. The van der Waals surface area contributed by atoms with Crippen molar-refractivity contribution in [3.05, 3.63) is 65.7 Å². The predicted octanol–water partition coefficient (Wildman–Crippen LogP) is 3.10. The molecule has 0 aliphatic heterocycles. The minimum atomic E-state index is -0.322.